The maximum absolute atomic E-state index is 12.7. The number of halogens is 1. The summed E-state index contributed by atoms with van der Waals surface area (Å²) >= 11 is 3.34. The third-order valence-electron chi connectivity index (χ3n) is 3.98. The second kappa shape index (κ2) is 6.13. The highest BCUT2D eigenvalue weighted by molar-refractivity contribution is 9.10. The van der Waals surface area contributed by atoms with Crippen molar-refractivity contribution in [3.05, 3.63) is 28.2 Å². The first-order chi connectivity index (χ1) is 9.32. The minimum Gasteiger partial charge on any atom is -0.302 e. The molecule has 1 saturated heterocycles. The second-order valence-electron chi connectivity index (χ2n) is 5.47. The molecule has 0 amide bonds. The number of likely N-dealkylation sites (N-methyl/N-ethyl adjacent to an activating group) is 2. The Balaban J connectivity index is 2.23. The van der Waals surface area contributed by atoms with Gasteiger partial charge in [-0.05, 0) is 51.1 Å². The molecule has 112 valence electrons. The van der Waals surface area contributed by atoms with Crippen LogP contribution in [0.2, 0.25) is 0 Å². The number of hydrogen-bond donors (Lipinski definition) is 0. The van der Waals surface area contributed by atoms with E-state index in [0.717, 1.165) is 29.4 Å². The van der Waals surface area contributed by atoms with E-state index < -0.39 is 10.0 Å². The van der Waals surface area contributed by atoms with Crippen LogP contribution in [0.15, 0.2) is 27.6 Å². The maximum atomic E-state index is 12.7. The molecule has 1 heterocycles. The van der Waals surface area contributed by atoms with Crippen molar-refractivity contribution in [1.82, 2.24) is 9.21 Å². The van der Waals surface area contributed by atoms with Crippen molar-refractivity contribution in [2.24, 2.45) is 0 Å². The van der Waals surface area contributed by atoms with Crippen LogP contribution in [-0.2, 0) is 10.0 Å². The monoisotopic (exact) mass is 360 g/mol. The van der Waals surface area contributed by atoms with E-state index in [9.17, 15) is 8.42 Å². The van der Waals surface area contributed by atoms with Gasteiger partial charge in [-0.2, -0.15) is 4.31 Å². The van der Waals surface area contributed by atoms with Gasteiger partial charge in [0.25, 0.3) is 0 Å². The average Bonchev–Trinajstić information content (AvgIpc) is 2.78. The number of nitrogens with zero attached hydrogens (tertiary/aromatic N) is 2. The van der Waals surface area contributed by atoms with Gasteiger partial charge in [-0.25, -0.2) is 8.42 Å². The number of rotatable bonds is 4. The van der Waals surface area contributed by atoms with Crippen LogP contribution in [0.5, 0.6) is 0 Å². The topological polar surface area (TPSA) is 40.6 Å². The van der Waals surface area contributed by atoms with Gasteiger partial charge in [-0.3, -0.25) is 0 Å². The van der Waals surface area contributed by atoms with E-state index in [2.05, 4.69) is 27.9 Å². The van der Waals surface area contributed by atoms with Crippen LogP contribution in [0.4, 0.5) is 0 Å². The van der Waals surface area contributed by atoms with Gasteiger partial charge in [0.05, 0.1) is 4.90 Å². The highest BCUT2D eigenvalue weighted by Crippen LogP contribution is 2.24. The zero-order valence-electron chi connectivity index (χ0n) is 12.1. The summed E-state index contributed by atoms with van der Waals surface area (Å²) in [5, 5.41) is 0. The van der Waals surface area contributed by atoms with Crippen molar-refractivity contribution < 1.29 is 8.42 Å². The van der Waals surface area contributed by atoms with E-state index in [1.54, 1.807) is 13.1 Å². The van der Waals surface area contributed by atoms with Crippen LogP contribution >= 0.6 is 15.9 Å². The average molecular weight is 361 g/mol. The molecule has 2 rings (SSSR count). The lowest BCUT2D eigenvalue weighted by molar-refractivity contribution is 0.271. The molecular weight excluding hydrogens is 340 g/mol. The molecule has 0 radical (unpaired) electrons. The molecule has 4 nitrogen and oxygen atoms in total. The Hall–Kier alpha value is -0.430. The summed E-state index contributed by atoms with van der Waals surface area (Å²) < 4.78 is 27.6. The van der Waals surface area contributed by atoms with Crippen molar-refractivity contribution >= 4 is 26.0 Å². The molecule has 0 aliphatic carbocycles. The quantitative estimate of drug-likeness (QED) is 0.827. The van der Waals surface area contributed by atoms with Gasteiger partial charge in [0.15, 0.2) is 0 Å². The van der Waals surface area contributed by atoms with E-state index in [1.165, 1.54) is 4.31 Å². The summed E-state index contributed by atoms with van der Waals surface area (Å²) in [5.41, 5.74) is 0.778. The molecule has 6 heteroatoms. The van der Waals surface area contributed by atoms with E-state index in [-0.39, 0.29) is 0 Å². The van der Waals surface area contributed by atoms with Crippen LogP contribution in [0.1, 0.15) is 18.4 Å². The van der Waals surface area contributed by atoms with Crippen LogP contribution in [0.25, 0.3) is 0 Å². The number of benzene rings is 1. The molecule has 0 bridgehead atoms. The molecule has 20 heavy (non-hydrogen) atoms. The molecule has 1 aliphatic rings. The first kappa shape index (κ1) is 15.9. The van der Waals surface area contributed by atoms with E-state index >= 15 is 0 Å². The zero-order chi connectivity index (χ0) is 14.9. The zero-order valence-corrected chi connectivity index (χ0v) is 14.5. The third kappa shape index (κ3) is 3.24. The second-order valence-corrected chi connectivity index (χ2v) is 8.40. The molecular formula is C14H21BrN2O2S. The van der Waals surface area contributed by atoms with Crippen molar-refractivity contribution in [2.75, 3.05) is 27.2 Å². The molecule has 1 aromatic carbocycles. The smallest absolute Gasteiger partial charge is 0.243 e. The van der Waals surface area contributed by atoms with E-state index in [1.807, 2.05) is 19.1 Å². The highest BCUT2D eigenvalue weighted by Gasteiger charge is 2.29. The van der Waals surface area contributed by atoms with Gasteiger partial charge in [0.1, 0.15) is 0 Å². The summed E-state index contributed by atoms with van der Waals surface area (Å²) in [4.78, 5) is 2.62. The molecule has 1 aromatic rings. The van der Waals surface area contributed by atoms with Gasteiger partial charge in [-0.15, -0.1) is 0 Å². The highest BCUT2D eigenvalue weighted by atomic mass is 79.9. The van der Waals surface area contributed by atoms with Crippen LogP contribution in [-0.4, -0.2) is 50.8 Å². The Morgan fingerprint density at radius 1 is 1.45 bits per heavy atom. The van der Waals surface area contributed by atoms with Gasteiger partial charge >= 0.3 is 0 Å². The summed E-state index contributed by atoms with van der Waals surface area (Å²) in [5.74, 6) is 0. The summed E-state index contributed by atoms with van der Waals surface area (Å²) in [7, 11) is 0.300. The lowest BCUT2D eigenvalue weighted by atomic mass is 10.2. The van der Waals surface area contributed by atoms with Gasteiger partial charge in [-0.1, -0.05) is 22.0 Å². The first-order valence-corrected chi connectivity index (χ1v) is 8.98. The SMILES string of the molecule is Cc1ccc(Br)cc1S(=O)(=O)N(C)CC1CCCN1C. The summed E-state index contributed by atoms with van der Waals surface area (Å²) in [6.45, 7) is 3.42. The van der Waals surface area contributed by atoms with Crippen LogP contribution in [0.3, 0.4) is 0 Å². The minimum absolute atomic E-state index is 0.322. The fourth-order valence-electron chi connectivity index (χ4n) is 2.62. The largest absolute Gasteiger partial charge is 0.302 e. The Kier molecular flexibility index (Phi) is 4.89. The van der Waals surface area contributed by atoms with Crippen molar-refractivity contribution in [3.8, 4) is 0 Å². The molecule has 0 saturated carbocycles. The number of hydrogen-bond acceptors (Lipinski definition) is 3. The standard InChI is InChI=1S/C14H21BrN2O2S/c1-11-6-7-12(15)9-14(11)20(18,19)17(3)10-13-5-4-8-16(13)2/h6-7,9,13H,4-5,8,10H2,1-3H3. The van der Waals surface area contributed by atoms with Gasteiger partial charge < -0.3 is 4.90 Å². The van der Waals surface area contributed by atoms with Crippen LogP contribution in [0, 0.1) is 6.92 Å². The predicted octanol–water partition coefficient (Wildman–Crippen LogP) is 2.47. The van der Waals surface area contributed by atoms with E-state index in [4.69, 9.17) is 0 Å². The van der Waals surface area contributed by atoms with Crippen LogP contribution < -0.4 is 0 Å². The van der Waals surface area contributed by atoms with Gasteiger partial charge in [0.2, 0.25) is 10.0 Å². The Bertz CT molecular complexity index is 589. The van der Waals surface area contributed by atoms with Crippen molar-refractivity contribution in [1.29, 1.82) is 0 Å². The number of aryl methyl sites for hydroxylation is 1. The lowest BCUT2D eigenvalue weighted by Gasteiger charge is -2.26. The predicted molar refractivity (Wildman–Crippen MR) is 84.3 cm³/mol. The Morgan fingerprint density at radius 3 is 2.75 bits per heavy atom. The molecule has 1 unspecified atom stereocenters. The van der Waals surface area contributed by atoms with Crippen molar-refractivity contribution in [3.63, 3.8) is 0 Å². The summed E-state index contributed by atoms with van der Waals surface area (Å²) in [6, 6.07) is 5.69. The Morgan fingerprint density at radius 2 is 2.15 bits per heavy atom. The van der Waals surface area contributed by atoms with Crippen molar-refractivity contribution in [2.45, 2.75) is 30.7 Å². The third-order valence-corrected chi connectivity index (χ3v) is 6.44. The molecule has 0 N–H and O–H groups in total. The first-order valence-electron chi connectivity index (χ1n) is 6.75. The molecule has 1 aliphatic heterocycles. The molecule has 1 fully saturated rings. The fraction of sp³-hybridized carbons (Fsp3) is 0.571. The Labute approximate surface area is 129 Å². The minimum atomic E-state index is -3.43. The molecule has 1 atom stereocenters. The van der Waals surface area contributed by atoms with Gasteiger partial charge in [0, 0.05) is 24.1 Å². The maximum Gasteiger partial charge on any atom is 0.243 e. The molecule has 0 aromatic heterocycles. The lowest BCUT2D eigenvalue weighted by Crippen LogP contribution is -2.39. The number of sulfonamides is 1. The van der Waals surface area contributed by atoms with E-state index in [0.29, 0.717) is 17.5 Å². The number of likely N-dealkylation sites (tertiary alicyclic amines) is 1. The molecule has 0 spiro atoms. The summed E-state index contributed by atoms with van der Waals surface area (Å²) in [6.07, 6.45) is 2.21. The normalized spacial score (nSPS) is 20.8. The fourth-order valence-corrected chi connectivity index (χ4v) is 4.59.